The van der Waals surface area contributed by atoms with Crippen molar-refractivity contribution < 1.29 is 0 Å². The first-order valence-electron chi connectivity index (χ1n) is 7.78. The summed E-state index contributed by atoms with van der Waals surface area (Å²) in [5, 5.41) is 0. The molecule has 0 saturated heterocycles. The number of aromatic nitrogens is 3. The summed E-state index contributed by atoms with van der Waals surface area (Å²) in [7, 11) is 1.70. The van der Waals surface area contributed by atoms with Gasteiger partial charge in [0.1, 0.15) is 5.82 Å². The minimum Gasteiger partial charge on any atom is -0.289 e. The highest BCUT2D eigenvalue weighted by Gasteiger charge is 2.15. The molecule has 1 heterocycles. The van der Waals surface area contributed by atoms with Gasteiger partial charge in [-0.2, -0.15) is 9.97 Å². The highest BCUT2D eigenvalue weighted by Crippen LogP contribution is 2.26. The lowest BCUT2D eigenvalue weighted by Gasteiger charge is -2.16. The van der Waals surface area contributed by atoms with E-state index in [0.717, 1.165) is 18.4 Å². The van der Waals surface area contributed by atoms with Crippen molar-refractivity contribution in [1.82, 2.24) is 20.0 Å². The Bertz CT molecular complexity index is 729. The van der Waals surface area contributed by atoms with Crippen molar-refractivity contribution in [2.45, 2.75) is 26.7 Å². The van der Waals surface area contributed by atoms with Crippen molar-refractivity contribution in [3.8, 4) is 11.4 Å². The van der Waals surface area contributed by atoms with E-state index in [2.05, 4.69) is 53.4 Å². The van der Waals surface area contributed by atoms with E-state index in [4.69, 9.17) is 0 Å². The first kappa shape index (κ1) is 16.9. The maximum atomic E-state index is 12.2. The molecule has 1 aromatic carbocycles. The lowest BCUT2D eigenvalue weighted by molar-refractivity contribution is 0.766. The van der Waals surface area contributed by atoms with Crippen molar-refractivity contribution in [3.05, 3.63) is 52.5 Å². The summed E-state index contributed by atoms with van der Waals surface area (Å²) in [4.78, 5) is 20.7. The Labute approximate surface area is 136 Å². The molecule has 2 N–H and O–H groups in total. The Morgan fingerprint density at radius 1 is 1.22 bits per heavy atom. The van der Waals surface area contributed by atoms with Crippen molar-refractivity contribution in [3.63, 3.8) is 0 Å². The molecular weight excluding hydrogens is 290 g/mol. The number of rotatable bonds is 7. The standard InChI is InChI=1S/C17H23N5O/c1-5-11-18-21-16-19-15(22(4)17(23)20-16)14-12(6-2)9-8-10-13(14)7-3/h5,8-10,18H,1,6-7,11H2,2-4H3,(H,20,21,23). The topological polar surface area (TPSA) is 71.8 Å². The lowest BCUT2D eigenvalue weighted by atomic mass is 9.97. The summed E-state index contributed by atoms with van der Waals surface area (Å²) in [6.07, 6.45) is 3.45. The number of hydrogen-bond donors (Lipinski definition) is 2. The first-order chi connectivity index (χ1) is 11.1. The fourth-order valence-corrected chi connectivity index (χ4v) is 2.47. The maximum absolute atomic E-state index is 12.2. The van der Waals surface area contributed by atoms with Gasteiger partial charge in [0, 0.05) is 19.2 Å². The number of aryl methyl sites for hydroxylation is 2. The summed E-state index contributed by atoms with van der Waals surface area (Å²) in [6, 6.07) is 6.19. The van der Waals surface area contributed by atoms with E-state index in [9.17, 15) is 4.79 Å². The molecule has 1 aromatic heterocycles. The number of nitrogens with one attached hydrogen (secondary N) is 2. The zero-order valence-corrected chi connectivity index (χ0v) is 13.9. The molecule has 6 nitrogen and oxygen atoms in total. The molecule has 0 aliphatic rings. The zero-order chi connectivity index (χ0) is 16.8. The molecule has 0 amide bonds. The van der Waals surface area contributed by atoms with Crippen LogP contribution in [-0.4, -0.2) is 21.1 Å². The van der Waals surface area contributed by atoms with E-state index < -0.39 is 0 Å². The molecule has 2 aromatic rings. The monoisotopic (exact) mass is 313 g/mol. The van der Waals surface area contributed by atoms with Crippen LogP contribution in [-0.2, 0) is 19.9 Å². The van der Waals surface area contributed by atoms with Crippen LogP contribution in [0.5, 0.6) is 0 Å². The molecule has 0 bridgehead atoms. The largest absolute Gasteiger partial charge is 0.352 e. The van der Waals surface area contributed by atoms with E-state index in [0.29, 0.717) is 12.4 Å². The Kier molecular flexibility index (Phi) is 5.65. The Balaban J connectivity index is 2.59. The van der Waals surface area contributed by atoms with Gasteiger partial charge >= 0.3 is 5.69 Å². The fourth-order valence-electron chi connectivity index (χ4n) is 2.47. The van der Waals surface area contributed by atoms with Crippen LogP contribution in [0.3, 0.4) is 0 Å². The Hall–Kier alpha value is -2.47. The summed E-state index contributed by atoms with van der Waals surface area (Å²) in [5.41, 5.74) is 8.75. The Morgan fingerprint density at radius 2 is 1.87 bits per heavy atom. The Morgan fingerprint density at radius 3 is 2.43 bits per heavy atom. The average Bonchev–Trinajstić information content (AvgIpc) is 2.57. The van der Waals surface area contributed by atoms with Gasteiger partial charge in [-0.05, 0) is 24.0 Å². The molecule has 6 heteroatoms. The molecule has 0 spiro atoms. The summed E-state index contributed by atoms with van der Waals surface area (Å²) >= 11 is 0. The van der Waals surface area contributed by atoms with Gasteiger partial charge in [0.15, 0.2) is 0 Å². The van der Waals surface area contributed by atoms with Crippen molar-refractivity contribution in [2.24, 2.45) is 7.05 Å². The third-order valence-corrected chi connectivity index (χ3v) is 3.69. The molecule has 0 aliphatic carbocycles. The number of hydrogen-bond acceptors (Lipinski definition) is 5. The van der Waals surface area contributed by atoms with E-state index in [1.807, 2.05) is 6.07 Å². The molecule has 0 saturated carbocycles. The van der Waals surface area contributed by atoms with Gasteiger partial charge in [0.05, 0.1) is 0 Å². The van der Waals surface area contributed by atoms with Crippen LogP contribution < -0.4 is 16.5 Å². The van der Waals surface area contributed by atoms with Gasteiger partial charge in [-0.3, -0.25) is 9.99 Å². The molecule has 23 heavy (non-hydrogen) atoms. The molecule has 0 aliphatic heterocycles. The van der Waals surface area contributed by atoms with Crippen molar-refractivity contribution in [2.75, 3.05) is 12.0 Å². The highest BCUT2D eigenvalue weighted by atomic mass is 16.1. The fraction of sp³-hybridized carbons (Fsp3) is 0.353. The summed E-state index contributed by atoms with van der Waals surface area (Å²) in [5.74, 6) is 0.889. The second-order valence-electron chi connectivity index (χ2n) is 5.17. The van der Waals surface area contributed by atoms with Crippen LogP contribution in [0.25, 0.3) is 11.4 Å². The van der Waals surface area contributed by atoms with Crippen LogP contribution in [0.2, 0.25) is 0 Å². The summed E-state index contributed by atoms with van der Waals surface area (Å²) in [6.45, 7) is 8.37. The minimum absolute atomic E-state index is 0.262. The smallest absolute Gasteiger partial charge is 0.289 e. The average molecular weight is 313 g/mol. The number of benzene rings is 1. The number of nitrogens with zero attached hydrogens (tertiary/aromatic N) is 3. The van der Waals surface area contributed by atoms with Crippen LogP contribution in [0.1, 0.15) is 25.0 Å². The minimum atomic E-state index is -0.342. The predicted molar refractivity (Wildman–Crippen MR) is 93.3 cm³/mol. The van der Waals surface area contributed by atoms with Gasteiger partial charge in [0.25, 0.3) is 0 Å². The van der Waals surface area contributed by atoms with E-state index in [1.54, 1.807) is 13.1 Å². The molecule has 0 atom stereocenters. The third-order valence-electron chi connectivity index (χ3n) is 3.69. The summed E-state index contributed by atoms with van der Waals surface area (Å²) < 4.78 is 1.49. The predicted octanol–water partition coefficient (Wildman–Crippen LogP) is 2.07. The first-order valence-corrected chi connectivity index (χ1v) is 7.78. The molecule has 122 valence electrons. The maximum Gasteiger partial charge on any atom is 0.352 e. The van der Waals surface area contributed by atoms with Crippen LogP contribution in [0, 0.1) is 0 Å². The SMILES string of the molecule is C=CCNNc1nc(-c2c(CC)cccc2CC)n(C)c(=O)n1. The van der Waals surface area contributed by atoms with E-state index in [-0.39, 0.29) is 11.6 Å². The van der Waals surface area contributed by atoms with Crippen molar-refractivity contribution in [1.29, 1.82) is 0 Å². The second-order valence-corrected chi connectivity index (χ2v) is 5.17. The van der Waals surface area contributed by atoms with Gasteiger partial charge < -0.3 is 0 Å². The molecule has 2 rings (SSSR count). The second kappa shape index (κ2) is 7.69. The molecule has 0 unspecified atom stereocenters. The van der Waals surface area contributed by atoms with Crippen LogP contribution in [0.15, 0.2) is 35.6 Å². The highest BCUT2D eigenvalue weighted by molar-refractivity contribution is 5.66. The zero-order valence-electron chi connectivity index (χ0n) is 13.9. The van der Waals surface area contributed by atoms with E-state index in [1.165, 1.54) is 15.7 Å². The third kappa shape index (κ3) is 3.65. The normalized spacial score (nSPS) is 10.6. The quantitative estimate of drug-likeness (QED) is 0.465. The van der Waals surface area contributed by atoms with E-state index >= 15 is 0 Å². The van der Waals surface area contributed by atoms with Crippen LogP contribution in [0.4, 0.5) is 5.95 Å². The number of hydrazine groups is 1. The lowest BCUT2D eigenvalue weighted by Crippen LogP contribution is -2.29. The van der Waals surface area contributed by atoms with Gasteiger partial charge in [0.2, 0.25) is 5.95 Å². The van der Waals surface area contributed by atoms with Gasteiger partial charge in [-0.25, -0.2) is 10.2 Å². The molecule has 0 fully saturated rings. The molecule has 0 radical (unpaired) electrons. The van der Waals surface area contributed by atoms with Crippen molar-refractivity contribution >= 4 is 5.95 Å². The van der Waals surface area contributed by atoms with Crippen LogP contribution >= 0.6 is 0 Å². The van der Waals surface area contributed by atoms with Gasteiger partial charge in [-0.15, -0.1) is 6.58 Å². The number of anilines is 1. The van der Waals surface area contributed by atoms with Gasteiger partial charge in [-0.1, -0.05) is 38.1 Å². The molecular formula is C17H23N5O.